The number of nitro benzene ring substituents is 1. The average Bonchev–Trinajstić information content (AvgIpc) is 3.20. The van der Waals surface area contributed by atoms with Gasteiger partial charge in [-0.3, -0.25) is 10.1 Å². The van der Waals surface area contributed by atoms with Gasteiger partial charge in [-0.05, 0) is 11.6 Å². The van der Waals surface area contributed by atoms with Crippen LogP contribution in [0.5, 0.6) is 5.75 Å². The fraction of sp³-hybridized carbons (Fsp3) is 0.118. The van der Waals surface area contributed by atoms with Crippen LogP contribution in [0.15, 0.2) is 65.0 Å². The SMILES string of the molecule is COc1cc([N+](=O)[O-])ccc1S(=O)(=O)N(Cc1ccccc1)c1nccs1. The second-order valence-corrected chi connectivity index (χ2v) is 8.11. The van der Waals surface area contributed by atoms with Crippen LogP contribution in [0.3, 0.4) is 0 Å². The second kappa shape index (κ2) is 7.72. The number of ether oxygens (including phenoxy) is 1. The lowest BCUT2D eigenvalue weighted by Gasteiger charge is -2.22. The monoisotopic (exact) mass is 405 g/mol. The Morgan fingerprint density at radius 1 is 1.22 bits per heavy atom. The van der Waals surface area contributed by atoms with Gasteiger partial charge in [0.2, 0.25) is 0 Å². The van der Waals surface area contributed by atoms with Gasteiger partial charge in [0.05, 0.1) is 24.6 Å². The Bertz CT molecular complexity index is 1040. The van der Waals surface area contributed by atoms with Gasteiger partial charge in [0.1, 0.15) is 10.6 Å². The van der Waals surface area contributed by atoms with Crippen molar-refractivity contribution in [2.24, 2.45) is 0 Å². The summed E-state index contributed by atoms with van der Waals surface area (Å²) in [6, 6.07) is 12.5. The molecule has 0 aliphatic carbocycles. The van der Waals surface area contributed by atoms with Crippen LogP contribution in [0, 0.1) is 10.1 Å². The molecule has 0 N–H and O–H groups in total. The third kappa shape index (κ3) is 3.91. The molecule has 1 aromatic heterocycles. The first-order chi connectivity index (χ1) is 12.9. The molecule has 2 aromatic carbocycles. The third-order valence-electron chi connectivity index (χ3n) is 3.73. The second-order valence-electron chi connectivity index (χ2n) is 5.40. The van der Waals surface area contributed by atoms with E-state index in [0.717, 1.165) is 22.0 Å². The Kier molecular flexibility index (Phi) is 5.38. The molecule has 0 amide bonds. The normalized spacial score (nSPS) is 11.1. The molecule has 0 saturated heterocycles. The lowest BCUT2D eigenvalue weighted by molar-refractivity contribution is -0.385. The van der Waals surface area contributed by atoms with Gasteiger partial charge in [-0.25, -0.2) is 17.7 Å². The maximum absolute atomic E-state index is 13.3. The largest absolute Gasteiger partial charge is 0.495 e. The van der Waals surface area contributed by atoms with Crippen LogP contribution in [-0.2, 0) is 16.6 Å². The number of aromatic nitrogens is 1. The molecular weight excluding hydrogens is 390 g/mol. The Labute approximate surface area is 159 Å². The number of benzene rings is 2. The molecule has 0 aliphatic heterocycles. The maximum atomic E-state index is 13.3. The van der Waals surface area contributed by atoms with Crippen LogP contribution in [0.25, 0.3) is 0 Å². The van der Waals surface area contributed by atoms with Crippen LogP contribution in [0.1, 0.15) is 5.56 Å². The highest BCUT2D eigenvalue weighted by Gasteiger charge is 2.31. The number of methoxy groups -OCH3 is 1. The minimum atomic E-state index is -4.07. The summed E-state index contributed by atoms with van der Waals surface area (Å²) in [5.74, 6) is -0.0983. The van der Waals surface area contributed by atoms with Crippen molar-refractivity contribution in [2.45, 2.75) is 11.4 Å². The summed E-state index contributed by atoms with van der Waals surface area (Å²) in [5, 5.41) is 12.9. The minimum Gasteiger partial charge on any atom is -0.495 e. The zero-order valence-electron chi connectivity index (χ0n) is 14.2. The lowest BCUT2D eigenvalue weighted by atomic mass is 10.2. The van der Waals surface area contributed by atoms with Crippen LogP contribution in [0.4, 0.5) is 10.8 Å². The Balaban J connectivity index is 2.09. The van der Waals surface area contributed by atoms with Crippen molar-refractivity contribution in [1.29, 1.82) is 0 Å². The number of nitrogens with zero attached hydrogens (tertiary/aromatic N) is 3. The highest BCUT2D eigenvalue weighted by molar-refractivity contribution is 7.93. The van der Waals surface area contributed by atoms with Gasteiger partial charge in [-0.15, -0.1) is 11.3 Å². The van der Waals surface area contributed by atoms with E-state index in [1.54, 1.807) is 5.38 Å². The molecule has 1 heterocycles. The van der Waals surface area contributed by atoms with E-state index in [2.05, 4.69) is 4.98 Å². The van der Waals surface area contributed by atoms with Gasteiger partial charge in [-0.2, -0.15) is 0 Å². The zero-order valence-corrected chi connectivity index (χ0v) is 15.8. The molecule has 140 valence electrons. The van der Waals surface area contributed by atoms with E-state index in [1.807, 2.05) is 30.3 Å². The van der Waals surface area contributed by atoms with Crippen molar-refractivity contribution in [1.82, 2.24) is 4.98 Å². The fourth-order valence-electron chi connectivity index (χ4n) is 2.45. The molecule has 3 rings (SSSR count). The minimum absolute atomic E-state index is 0.0663. The van der Waals surface area contributed by atoms with E-state index >= 15 is 0 Å². The molecule has 27 heavy (non-hydrogen) atoms. The molecular formula is C17H15N3O5S2. The number of rotatable bonds is 7. The summed E-state index contributed by atoms with van der Waals surface area (Å²) >= 11 is 1.18. The van der Waals surface area contributed by atoms with Crippen LogP contribution in [-0.4, -0.2) is 25.4 Å². The van der Waals surface area contributed by atoms with E-state index in [0.29, 0.717) is 5.13 Å². The van der Waals surface area contributed by atoms with Crippen molar-refractivity contribution in [3.05, 3.63) is 75.8 Å². The first-order valence-corrected chi connectivity index (χ1v) is 10.0. The molecule has 0 atom stereocenters. The first-order valence-electron chi connectivity index (χ1n) is 7.72. The van der Waals surface area contributed by atoms with Crippen molar-refractivity contribution in [3.8, 4) is 5.75 Å². The van der Waals surface area contributed by atoms with Crippen LogP contribution >= 0.6 is 11.3 Å². The summed E-state index contributed by atoms with van der Waals surface area (Å²) < 4.78 is 33.0. The maximum Gasteiger partial charge on any atom is 0.273 e. The highest BCUT2D eigenvalue weighted by Crippen LogP contribution is 2.34. The number of nitro groups is 1. The van der Waals surface area contributed by atoms with E-state index in [9.17, 15) is 18.5 Å². The summed E-state index contributed by atoms with van der Waals surface area (Å²) in [6.07, 6.45) is 1.51. The van der Waals surface area contributed by atoms with Crippen molar-refractivity contribution < 1.29 is 18.1 Å². The number of non-ortho nitro benzene ring substituents is 1. The molecule has 0 radical (unpaired) electrons. The lowest BCUT2D eigenvalue weighted by Crippen LogP contribution is -2.30. The standard InChI is InChI=1S/C17H15N3O5S2/c1-25-15-11-14(20(21)22)7-8-16(15)27(23,24)19(17-18-9-10-26-17)12-13-5-3-2-4-6-13/h2-11H,12H2,1H3. The molecule has 0 bridgehead atoms. The highest BCUT2D eigenvalue weighted by atomic mass is 32.2. The summed E-state index contributed by atoms with van der Waals surface area (Å²) in [5.41, 5.74) is 0.520. The van der Waals surface area contributed by atoms with Gasteiger partial charge in [0.25, 0.3) is 15.7 Å². The van der Waals surface area contributed by atoms with E-state index < -0.39 is 14.9 Å². The van der Waals surface area contributed by atoms with E-state index in [1.165, 1.54) is 30.7 Å². The quantitative estimate of drug-likeness (QED) is 0.441. The zero-order chi connectivity index (χ0) is 19.4. The van der Waals surface area contributed by atoms with Crippen molar-refractivity contribution in [2.75, 3.05) is 11.4 Å². The summed E-state index contributed by atoms with van der Waals surface area (Å²) in [7, 11) is -2.81. The first kappa shape index (κ1) is 18.8. The van der Waals surface area contributed by atoms with Gasteiger partial charge >= 0.3 is 0 Å². The molecule has 0 spiro atoms. The molecule has 10 heteroatoms. The third-order valence-corrected chi connectivity index (χ3v) is 6.41. The number of anilines is 1. The average molecular weight is 405 g/mol. The number of thiazole rings is 1. The van der Waals surface area contributed by atoms with E-state index in [4.69, 9.17) is 4.74 Å². The van der Waals surface area contributed by atoms with Gasteiger partial charge < -0.3 is 4.74 Å². The summed E-state index contributed by atoms with van der Waals surface area (Å²) in [6.45, 7) is 0.0663. The van der Waals surface area contributed by atoms with Crippen molar-refractivity contribution in [3.63, 3.8) is 0 Å². The Morgan fingerprint density at radius 3 is 2.56 bits per heavy atom. The topological polar surface area (TPSA) is 103 Å². The van der Waals surface area contributed by atoms with Crippen molar-refractivity contribution >= 4 is 32.2 Å². The number of hydrogen-bond donors (Lipinski definition) is 0. The van der Waals surface area contributed by atoms with E-state index in [-0.39, 0.29) is 22.9 Å². The van der Waals surface area contributed by atoms with Crippen LogP contribution < -0.4 is 9.04 Å². The predicted octanol–water partition coefficient (Wildman–Crippen LogP) is 3.46. The molecule has 0 fully saturated rings. The molecule has 0 saturated carbocycles. The number of sulfonamides is 1. The molecule has 8 nitrogen and oxygen atoms in total. The smallest absolute Gasteiger partial charge is 0.273 e. The van der Waals surface area contributed by atoms with Gasteiger partial charge in [0, 0.05) is 17.6 Å². The Hall–Kier alpha value is -2.98. The number of hydrogen-bond acceptors (Lipinski definition) is 7. The molecule has 3 aromatic rings. The van der Waals surface area contributed by atoms with Crippen LogP contribution in [0.2, 0.25) is 0 Å². The molecule has 0 unspecified atom stereocenters. The predicted molar refractivity (Wildman–Crippen MR) is 102 cm³/mol. The Morgan fingerprint density at radius 2 is 1.96 bits per heavy atom. The van der Waals surface area contributed by atoms with Gasteiger partial charge in [0.15, 0.2) is 5.13 Å². The fourth-order valence-corrected chi connectivity index (χ4v) is 4.86. The molecule has 0 aliphatic rings. The summed E-state index contributed by atoms with van der Waals surface area (Å²) in [4.78, 5) is 14.3. The van der Waals surface area contributed by atoms with Gasteiger partial charge in [-0.1, -0.05) is 30.3 Å².